The summed E-state index contributed by atoms with van der Waals surface area (Å²) in [7, 11) is 0. The van der Waals surface area contributed by atoms with Gasteiger partial charge in [0.15, 0.2) is 0 Å². The fourth-order valence-corrected chi connectivity index (χ4v) is 2.03. The summed E-state index contributed by atoms with van der Waals surface area (Å²) < 4.78 is 4.16. The molecule has 3 aromatic heterocycles. The maximum absolute atomic E-state index is 5.68. The van der Waals surface area contributed by atoms with Gasteiger partial charge in [0.25, 0.3) is 0 Å². The van der Waals surface area contributed by atoms with E-state index in [9.17, 15) is 0 Å². The van der Waals surface area contributed by atoms with Gasteiger partial charge in [0.05, 0.1) is 12.2 Å². The van der Waals surface area contributed by atoms with Crippen LogP contribution in [-0.2, 0) is 13.1 Å². The third-order valence-electron chi connectivity index (χ3n) is 2.88. The quantitative estimate of drug-likeness (QED) is 0.738. The molecule has 0 spiro atoms. The van der Waals surface area contributed by atoms with Crippen LogP contribution in [0, 0.1) is 0 Å². The molecule has 4 heteroatoms. The Kier molecular flexibility index (Phi) is 2.42. The van der Waals surface area contributed by atoms with E-state index in [-0.39, 0.29) is 0 Å². The first-order chi connectivity index (χ1) is 8.36. The number of hydrogen-bond acceptors (Lipinski definition) is 2. The molecule has 0 fully saturated rings. The minimum Gasteiger partial charge on any atom is -0.344 e. The van der Waals surface area contributed by atoms with Gasteiger partial charge in [0.2, 0.25) is 0 Å². The molecule has 86 valence electrons. The Balaban J connectivity index is 1.94. The van der Waals surface area contributed by atoms with Crippen molar-refractivity contribution >= 4 is 5.65 Å². The Morgan fingerprint density at radius 3 is 2.88 bits per heavy atom. The second-order valence-corrected chi connectivity index (χ2v) is 4.03. The Labute approximate surface area is 99.3 Å². The molecule has 3 rings (SSSR count). The van der Waals surface area contributed by atoms with Gasteiger partial charge >= 0.3 is 0 Å². The van der Waals surface area contributed by atoms with Gasteiger partial charge in [-0.3, -0.25) is 0 Å². The molecule has 0 radical (unpaired) electrons. The van der Waals surface area contributed by atoms with Crippen LogP contribution in [0.25, 0.3) is 5.65 Å². The molecule has 2 N–H and O–H groups in total. The molecule has 0 aliphatic carbocycles. The van der Waals surface area contributed by atoms with E-state index in [2.05, 4.69) is 15.7 Å². The van der Waals surface area contributed by atoms with Crippen molar-refractivity contribution < 1.29 is 0 Å². The molecule has 4 nitrogen and oxygen atoms in total. The zero-order valence-corrected chi connectivity index (χ0v) is 9.45. The minimum atomic E-state index is 0.556. The average Bonchev–Trinajstić information content (AvgIpc) is 2.94. The van der Waals surface area contributed by atoms with Crippen molar-refractivity contribution in [2.45, 2.75) is 13.1 Å². The number of pyridine rings is 1. The van der Waals surface area contributed by atoms with Crippen molar-refractivity contribution in [1.29, 1.82) is 0 Å². The SMILES string of the molecule is NCc1cccn1Cc1cn2ccccc2n1. The van der Waals surface area contributed by atoms with Gasteiger partial charge in [-0.25, -0.2) is 4.98 Å². The monoisotopic (exact) mass is 226 g/mol. The lowest BCUT2D eigenvalue weighted by atomic mass is 10.4. The van der Waals surface area contributed by atoms with Gasteiger partial charge in [-0.15, -0.1) is 0 Å². The van der Waals surface area contributed by atoms with E-state index in [1.54, 1.807) is 0 Å². The van der Waals surface area contributed by atoms with E-state index in [0.717, 1.165) is 23.6 Å². The second kappa shape index (κ2) is 4.07. The molecule has 0 saturated heterocycles. The van der Waals surface area contributed by atoms with Crippen molar-refractivity contribution in [3.63, 3.8) is 0 Å². The van der Waals surface area contributed by atoms with Gasteiger partial charge in [-0.05, 0) is 24.3 Å². The molecule has 3 aromatic rings. The van der Waals surface area contributed by atoms with Crippen LogP contribution in [0.15, 0.2) is 48.9 Å². The Morgan fingerprint density at radius 2 is 2.06 bits per heavy atom. The number of imidazole rings is 1. The van der Waals surface area contributed by atoms with E-state index in [0.29, 0.717) is 6.54 Å². The van der Waals surface area contributed by atoms with E-state index in [1.165, 1.54) is 0 Å². The highest BCUT2D eigenvalue weighted by molar-refractivity contribution is 5.39. The summed E-state index contributed by atoms with van der Waals surface area (Å²) in [5.74, 6) is 0. The molecule has 0 atom stereocenters. The highest BCUT2D eigenvalue weighted by Gasteiger charge is 2.03. The van der Waals surface area contributed by atoms with Gasteiger partial charge in [0.1, 0.15) is 5.65 Å². The molecule has 0 aliphatic heterocycles. The van der Waals surface area contributed by atoms with Gasteiger partial charge in [0, 0.05) is 30.8 Å². The zero-order valence-electron chi connectivity index (χ0n) is 9.45. The van der Waals surface area contributed by atoms with Gasteiger partial charge in [-0.1, -0.05) is 6.07 Å². The van der Waals surface area contributed by atoms with Crippen molar-refractivity contribution in [2.24, 2.45) is 5.73 Å². The van der Waals surface area contributed by atoms with Crippen molar-refractivity contribution in [1.82, 2.24) is 14.0 Å². The predicted octanol–water partition coefficient (Wildman–Crippen LogP) is 1.64. The van der Waals surface area contributed by atoms with Crippen molar-refractivity contribution in [2.75, 3.05) is 0 Å². The zero-order chi connectivity index (χ0) is 11.7. The normalized spacial score (nSPS) is 11.1. The number of aromatic nitrogens is 3. The second-order valence-electron chi connectivity index (χ2n) is 4.03. The van der Waals surface area contributed by atoms with Crippen LogP contribution in [0.1, 0.15) is 11.4 Å². The van der Waals surface area contributed by atoms with Crippen LogP contribution in [-0.4, -0.2) is 14.0 Å². The lowest BCUT2D eigenvalue weighted by Gasteiger charge is -2.04. The number of nitrogens with two attached hydrogens (primary N) is 1. The Bertz CT molecular complexity index is 602. The molecule has 3 heterocycles. The third-order valence-corrected chi connectivity index (χ3v) is 2.88. The molecule has 0 amide bonds. The summed E-state index contributed by atoms with van der Waals surface area (Å²) in [5, 5.41) is 0. The molecule has 0 bridgehead atoms. The lowest BCUT2D eigenvalue weighted by Crippen LogP contribution is -2.07. The fourth-order valence-electron chi connectivity index (χ4n) is 2.03. The van der Waals surface area contributed by atoms with Crippen LogP contribution in [0.4, 0.5) is 0 Å². The number of rotatable bonds is 3. The molecule has 0 aromatic carbocycles. The summed E-state index contributed by atoms with van der Waals surface area (Å²) in [6, 6.07) is 10.0. The first-order valence-electron chi connectivity index (χ1n) is 5.63. The molecule has 0 saturated carbocycles. The fraction of sp³-hybridized carbons (Fsp3) is 0.154. The number of nitrogens with zero attached hydrogens (tertiary/aromatic N) is 3. The largest absolute Gasteiger partial charge is 0.344 e. The van der Waals surface area contributed by atoms with Crippen LogP contribution in [0.3, 0.4) is 0 Å². The molecule has 0 unspecified atom stereocenters. The summed E-state index contributed by atoms with van der Waals surface area (Å²) >= 11 is 0. The standard InChI is InChI=1S/C13H14N4/c14-8-12-4-3-7-16(12)9-11-10-17-6-2-1-5-13(17)15-11/h1-7,10H,8-9,14H2. The Hall–Kier alpha value is -2.07. The van der Waals surface area contributed by atoms with Gasteiger partial charge in [-0.2, -0.15) is 0 Å². The molecular weight excluding hydrogens is 212 g/mol. The van der Waals surface area contributed by atoms with E-state index < -0.39 is 0 Å². The van der Waals surface area contributed by atoms with Crippen molar-refractivity contribution in [3.8, 4) is 0 Å². The Morgan fingerprint density at radius 1 is 1.12 bits per heavy atom. The van der Waals surface area contributed by atoms with Crippen LogP contribution >= 0.6 is 0 Å². The molecular formula is C13H14N4. The maximum atomic E-state index is 5.68. The topological polar surface area (TPSA) is 48.2 Å². The predicted molar refractivity (Wildman–Crippen MR) is 66.6 cm³/mol. The third kappa shape index (κ3) is 1.83. The molecule has 0 aliphatic rings. The summed E-state index contributed by atoms with van der Waals surface area (Å²) in [5.41, 5.74) is 8.82. The van der Waals surface area contributed by atoms with E-state index in [4.69, 9.17) is 5.73 Å². The minimum absolute atomic E-state index is 0.556. The maximum Gasteiger partial charge on any atom is 0.137 e. The van der Waals surface area contributed by atoms with Crippen LogP contribution < -0.4 is 5.73 Å². The lowest BCUT2D eigenvalue weighted by molar-refractivity contribution is 0.731. The molecule has 17 heavy (non-hydrogen) atoms. The first kappa shape index (κ1) is 10.1. The average molecular weight is 226 g/mol. The highest BCUT2D eigenvalue weighted by Crippen LogP contribution is 2.09. The summed E-state index contributed by atoms with van der Waals surface area (Å²) in [6.07, 6.45) is 6.09. The number of hydrogen-bond donors (Lipinski definition) is 1. The summed E-state index contributed by atoms with van der Waals surface area (Å²) in [6.45, 7) is 1.32. The van der Waals surface area contributed by atoms with Gasteiger partial charge < -0.3 is 14.7 Å². The van der Waals surface area contributed by atoms with Crippen LogP contribution in [0.5, 0.6) is 0 Å². The smallest absolute Gasteiger partial charge is 0.137 e. The van der Waals surface area contributed by atoms with E-state index >= 15 is 0 Å². The summed E-state index contributed by atoms with van der Waals surface area (Å²) in [4.78, 5) is 4.56. The number of fused-ring (bicyclic) bond motifs is 1. The van der Waals surface area contributed by atoms with E-state index in [1.807, 2.05) is 47.1 Å². The van der Waals surface area contributed by atoms with Crippen LogP contribution in [0.2, 0.25) is 0 Å². The van der Waals surface area contributed by atoms with Crippen molar-refractivity contribution in [3.05, 3.63) is 60.3 Å². The first-order valence-corrected chi connectivity index (χ1v) is 5.63. The highest BCUT2D eigenvalue weighted by atomic mass is 15.0.